The van der Waals surface area contributed by atoms with Gasteiger partial charge in [0, 0.05) is 0 Å². The number of ether oxygens (including phenoxy) is 1. The van der Waals surface area contributed by atoms with E-state index in [0.717, 1.165) is 0 Å². The highest BCUT2D eigenvalue weighted by atomic mass is 79.9. The van der Waals surface area contributed by atoms with Gasteiger partial charge in [-0.15, -0.1) is 0 Å². The Balaban J connectivity index is 3.13. The van der Waals surface area contributed by atoms with E-state index in [1.807, 2.05) is 6.07 Å². The molecular formula is C10H7Br2NO3. The van der Waals surface area contributed by atoms with E-state index in [9.17, 15) is 4.79 Å². The zero-order valence-electron chi connectivity index (χ0n) is 8.20. The maximum atomic E-state index is 10.8. The van der Waals surface area contributed by atoms with Gasteiger partial charge in [-0.3, -0.25) is 0 Å². The van der Waals surface area contributed by atoms with Gasteiger partial charge in [-0.05, 0) is 50.9 Å². The van der Waals surface area contributed by atoms with Crippen molar-refractivity contribution in [2.45, 2.75) is 13.0 Å². The molecule has 0 saturated heterocycles. The minimum Gasteiger partial charge on any atom is -0.478 e. The predicted octanol–water partition coefficient (Wildman–Crippen LogP) is 3.20. The number of carbonyl (C=O) groups is 1. The van der Waals surface area contributed by atoms with Crippen molar-refractivity contribution < 1.29 is 14.6 Å². The van der Waals surface area contributed by atoms with Crippen LogP contribution >= 0.6 is 31.9 Å². The fourth-order valence-corrected chi connectivity index (χ4v) is 2.37. The second kappa shape index (κ2) is 5.32. The van der Waals surface area contributed by atoms with Crippen molar-refractivity contribution in [3.63, 3.8) is 0 Å². The van der Waals surface area contributed by atoms with Gasteiger partial charge in [-0.25, -0.2) is 4.79 Å². The summed E-state index contributed by atoms with van der Waals surface area (Å²) in [7, 11) is 0. The van der Waals surface area contributed by atoms with Crippen LogP contribution in [0.4, 0.5) is 0 Å². The Morgan fingerprint density at radius 3 is 2.38 bits per heavy atom. The molecule has 1 aromatic carbocycles. The Labute approximate surface area is 109 Å². The molecule has 1 aromatic rings. The summed E-state index contributed by atoms with van der Waals surface area (Å²) in [5.74, 6) is -0.611. The standard InChI is InChI=1S/C10H7Br2NO3/c1-5(4-13)16-9-7(11)2-6(10(14)15)3-8(9)12/h2-3,5H,1H3,(H,14,15). The number of nitriles is 1. The molecule has 0 fully saturated rings. The van der Waals surface area contributed by atoms with Crippen molar-refractivity contribution in [3.05, 3.63) is 26.6 Å². The second-order valence-electron chi connectivity index (χ2n) is 2.96. The van der Waals surface area contributed by atoms with E-state index in [-0.39, 0.29) is 5.56 Å². The molecule has 4 nitrogen and oxygen atoms in total. The largest absolute Gasteiger partial charge is 0.478 e. The molecule has 1 atom stereocenters. The van der Waals surface area contributed by atoms with Crippen molar-refractivity contribution >= 4 is 37.8 Å². The highest BCUT2D eigenvalue weighted by molar-refractivity contribution is 9.11. The van der Waals surface area contributed by atoms with Gasteiger partial charge in [0.15, 0.2) is 6.10 Å². The van der Waals surface area contributed by atoms with E-state index >= 15 is 0 Å². The number of nitrogens with zero attached hydrogens (tertiary/aromatic N) is 1. The van der Waals surface area contributed by atoms with Gasteiger partial charge < -0.3 is 9.84 Å². The van der Waals surface area contributed by atoms with Crippen LogP contribution in [0.2, 0.25) is 0 Å². The Kier molecular flexibility index (Phi) is 4.33. The third-order valence-electron chi connectivity index (χ3n) is 1.72. The zero-order chi connectivity index (χ0) is 12.3. The predicted molar refractivity (Wildman–Crippen MR) is 64.5 cm³/mol. The summed E-state index contributed by atoms with van der Waals surface area (Å²) >= 11 is 6.39. The lowest BCUT2D eigenvalue weighted by molar-refractivity contribution is 0.0696. The summed E-state index contributed by atoms with van der Waals surface area (Å²) < 4.78 is 6.29. The fraction of sp³-hybridized carbons (Fsp3) is 0.200. The molecule has 0 aromatic heterocycles. The number of halogens is 2. The first-order chi connectivity index (χ1) is 7.45. The number of aromatic carboxylic acids is 1. The molecule has 0 aliphatic carbocycles. The van der Waals surface area contributed by atoms with E-state index in [0.29, 0.717) is 14.7 Å². The summed E-state index contributed by atoms with van der Waals surface area (Å²) in [6, 6.07) is 4.77. The molecule has 1 N–H and O–H groups in total. The average Bonchev–Trinajstić information content (AvgIpc) is 2.22. The first-order valence-corrected chi connectivity index (χ1v) is 5.83. The minimum absolute atomic E-state index is 0.135. The SMILES string of the molecule is CC(C#N)Oc1c(Br)cc(C(=O)O)cc1Br. The van der Waals surface area contributed by atoms with E-state index in [2.05, 4.69) is 31.9 Å². The van der Waals surface area contributed by atoms with E-state index in [4.69, 9.17) is 15.1 Å². The van der Waals surface area contributed by atoms with E-state index in [1.54, 1.807) is 6.92 Å². The second-order valence-corrected chi connectivity index (χ2v) is 4.67. The van der Waals surface area contributed by atoms with Crippen LogP contribution in [0.1, 0.15) is 17.3 Å². The first kappa shape index (κ1) is 13.0. The Morgan fingerprint density at radius 2 is 2.00 bits per heavy atom. The zero-order valence-corrected chi connectivity index (χ0v) is 11.4. The average molecular weight is 349 g/mol. The van der Waals surface area contributed by atoms with Crippen molar-refractivity contribution in [2.24, 2.45) is 0 Å². The lowest BCUT2D eigenvalue weighted by atomic mass is 10.2. The van der Waals surface area contributed by atoms with Crippen LogP contribution in [0.15, 0.2) is 21.1 Å². The molecule has 0 aliphatic heterocycles. The molecule has 0 radical (unpaired) electrons. The Hall–Kier alpha value is -1.06. The lowest BCUT2D eigenvalue weighted by Crippen LogP contribution is -2.09. The maximum absolute atomic E-state index is 10.8. The van der Waals surface area contributed by atoms with Crippen molar-refractivity contribution in [1.29, 1.82) is 5.26 Å². The van der Waals surface area contributed by atoms with Crippen molar-refractivity contribution in [1.82, 2.24) is 0 Å². The highest BCUT2D eigenvalue weighted by Gasteiger charge is 2.14. The smallest absolute Gasteiger partial charge is 0.335 e. The number of carboxylic acid groups (broad SMARTS) is 1. The highest BCUT2D eigenvalue weighted by Crippen LogP contribution is 2.35. The van der Waals surface area contributed by atoms with Gasteiger partial charge >= 0.3 is 5.97 Å². The molecule has 6 heteroatoms. The third-order valence-corrected chi connectivity index (χ3v) is 2.90. The Bertz CT molecular complexity index is 445. The number of rotatable bonds is 3. The van der Waals surface area contributed by atoms with Crippen molar-refractivity contribution in [3.8, 4) is 11.8 Å². The molecule has 16 heavy (non-hydrogen) atoms. The monoisotopic (exact) mass is 347 g/mol. The molecule has 0 amide bonds. The number of hydrogen-bond donors (Lipinski definition) is 1. The van der Waals surface area contributed by atoms with Crippen LogP contribution < -0.4 is 4.74 Å². The summed E-state index contributed by atoms with van der Waals surface area (Å²) in [5.41, 5.74) is 0.135. The van der Waals surface area contributed by atoms with Crippen LogP contribution in [0.5, 0.6) is 5.75 Å². The van der Waals surface area contributed by atoms with Gasteiger partial charge in [0.1, 0.15) is 11.8 Å². The normalized spacial score (nSPS) is 11.6. The summed E-state index contributed by atoms with van der Waals surface area (Å²) in [6.45, 7) is 1.60. The molecular weight excluding hydrogens is 342 g/mol. The van der Waals surface area contributed by atoms with Gasteiger partial charge in [0.05, 0.1) is 14.5 Å². The Morgan fingerprint density at radius 1 is 1.50 bits per heavy atom. The molecule has 84 valence electrons. The molecule has 0 aliphatic rings. The van der Waals surface area contributed by atoms with Crippen LogP contribution in [-0.2, 0) is 0 Å². The third kappa shape index (κ3) is 2.97. The van der Waals surface area contributed by atoms with Gasteiger partial charge in [0.25, 0.3) is 0 Å². The fourth-order valence-electron chi connectivity index (χ4n) is 0.999. The molecule has 0 bridgehead atoms. The maximum Gasteiger partial charge on any atom is 0.335 e. The molecule has 1 rings (SSSR count). The van der Waals surface area contributed by atoms with Crippen molar-refractivity contribution in [2.75, 3.05) is 0 Å². The molecule has 0 spiro atoms. The topological polar surface area (TPSA) is 70.3 Å². The number of hydrogen-bond acceptors (Lipinski definition) is 3. The number of benzene rings is 1. The molecule has 0 heterocycles. The van der Waals surface area contributed by atoms with E-state index in [1.165, 1.54) is 12.1 Å². The number of carboxylic acids is 1. The summed E-state index contributed by atoms with van der Waals surface area (Å²) in [6.07, 6.45) is -0.608. The quantitative estimate of drug-likeness (QED) is 0.910. The molecule has 1 unspecified atom stereocenters. The van der Waals surface area contributed by atoms with Crippen LogP contribution in [0.3, 0.4) is 0 Å². The van der Waals surface area contributed by atoms with Gasteiger partial charge in [-0.1, -0.05) is 0 Å². The minimum atomic E-state index is -1.03. The molecule has 0 saturated carbocycles. The lowest BCUT2D eigenvalue weighted by Gasteiger charge is -2.12. The van der Waals surface area contributed by atoms with Gasteiger partial charge in [0.2, 0.25) is 0 Å². The van der Waals surface area contributed by atoms with E-state index < -0.39 is 12.1 Å². The summed E-state index contributed by atoms with van der Waals surface area (Å²) in [5, 5.41) is 17.4. The first-order valence-electron chi connectivity index (χ1n) is 4.24. The van der Waals surface area contributed by atoms with Crippen LogP contribution in [0, 0.1) is 11.3 Å². The summed E-state index contributed by atoms with van der Waals surface area (Å²) in [4.78, 5) is 10.8. The van der Waals surface area contributed by atoms with Crippen LogP contribution in [0.25, 0.3) is 0 Å². The van der Waals surface area contributed by atoms with Gasteiger partial charge in [-0.2, -0.15) is 5.26 Å². The van der Waals surface area contributed by atoms with Crippen LogP contribution in [-0.4, -0.2) is 17.2 Å².